The number of esters is 1. The standard InChI is InChI=1S/C21H24N2O4S/c1-3-27-21(26)18-16(14-8-9-14)12-28-20(18)23-17(24)10-11-22-19(25)15-7-5-4-6-13(15)2/h4-7,12,14H,3,8-11H2,1-2H3,(H,22,25)(H,23,24). The predicted molar refractivity (Wildman–Crippen MR) is 109 cm³/mol. The number of nitrogens with one attached hydrogen (secondary N) is 2. The van der Waals surface area contributed by atoms with E-state index in [1.165, 1.54) is 11.3 Å². The third-order valence-electron chi connectivity index (χ3n) is 4.60. The van der Waals surface area contributed by atoms with Crippen LogP contribution in [0.25, 0.3) is 0 Å². The van der Waals surface area contributed by atoms with Crippen molar-refractivity contribution >= 4 is 34.1 Å². The van der Waals surface area contributed by atoms with Gasteiger partial charge in [-0.05, 0) is 55.2 Å². The largest absolute Gasteiger partial charge is 0.462 e. The molecule has 2 N–H and O–H groups in total. The van der Waals surface area contributed by atoms with Crippen LogP contribution >= 0.6 is 11.3 Å². The molecular formula is C21H24N2O4S. The van der Waals surface area contributed by atoms with Crippen molar-refractivity contribution in [2.45, 2.75) is 39.0 Å². The summed E-state index contributed by atoms with van der Waals surface area (Å²) in [6.07, 6.45) is 2.24. The minimum Gasteiger partial charge on any atom is -0.462 e. The predicted octanol–water partition coefficient (Wildman–Crippen LogP) is 3.87. The fourth-order valence-electron chi connectivity index (χ4n) is 2.97. The Balaban J connectivity index is 1.57. The Hall–Kier alpha value is -2.67. The van der Waals surface area contributed by atoms with Gasteiger partial charge in [-0.15, -0.1) is 11.3 Å². The van der Waals surface area contributed by atoms with E-state index >= 15 is 0 Å². The van der Waals surface area contributed by atoms with E-state index in [1.54, 1.807) is 19.1 Å². The van der Waals surface area contributed by atoms with Gasteiger partial charge in [0.15, 0.2) is 0 Å². The number of rotatable bonds is 8. The van der Waals surface area contributed by atoms with E-state index in [2.05, 4.69) is 10.6 Å². The summed E-state index contributed by atoms with van der Waals surface area (Å²) in [5, 5.41) is 8.02. The molecule has 1 aromatic heterocycles. The summed E-state index contributed by atoms with van der Waals surface area (Å²) in [7, 11) is 0. The molecule has 1 heterocycles. The van der Waals surface area contributed by atoms with E-state index in [9.17, 15) is 14.4 Å². The molecule has 1 saturated carbocycles. The Morgan fingerprint density at radius 1 is 1.21 bits per heavy atom. The van der Waals surface area contributed by atoms with Crippen LogP contribution < -0.4 is 10.6 Å². The van der Waals surface area contributed by atoms with Crippen molar-refractivity contribution in [1.82, 2.24) is 5.32 Å². The van der Waals surface area contributed by atoms with Crippen LogP contribution in [0, 0.1) is 6.92 Å². The molecule has 3 rings (SSSR count). The van der Waals surface area contributed by atoms with Gasteiger partial charge in [-0.25, -0.2) is 4.79 Å². The molecule has 1 aliphatic carbocycles. The quantitative estimate of drug-likeness (QED) is 0.659. The number of hydrogen-bond acceptors (Lipinski definition) is 5. The first-order valence-electron chi connectivity index (χ1n) is 9.43. The molecule has 1 aliphatic rings. The van der Waals surface area contributed by atoms with Crippen molar-refractivity contribution < 1.29 is 19.1 Å². The lowest BCUT2D eigenvalue weighted by atomic mass is 10.1. The molecule has 0 spiro atoms. The maximum absolute atomic E-state index is 12.3. The van der Waals surface area contributed by atoms with E-state index in [-0.39, 0.29) is 31.4 Å². The van der Waals surface area contributed by atoms with Crippen LogP contribution in [-0.2, 0) is 9.53 Å². The van der Waals surface area contributed by atoms with Gasteiger partial charge in [-0.2, -0.15) is 0 Å². The van der Waals surface area contributed by atoms with Crippen molar-refractivity contribution in [3.63, 3.8) is 0 Å². The van der Waals surface area contributed by atoms with E-state index < -0.39 is 5.97 Å². The van der Waals surface area contributed by atoms with Crippen LogP contribution in [0.4, 0.5) is 5.00 Å². The van der Waals surface area contributed by atoms with Crippen molar-refractivity contribution in [3.8, 4) is 0 Å². The second kappa shape index (κ2) is 9.01. The first-order chi connectivity index (χ1) is 13.5. The van der Waals surface area contributed by atoms with Gasteiger partial charge < -0.3 is 15.4 Å². The van der Waals surface area contributed by atoms with Gasteiger partial charge in [0.2, 0.25) is 5.91 Å². The number of carbonyl (C=O) groups excluding carboxylic acids is 3. The minimum absolute atomic E-state index is 0.122. The average Bonchev–Trinajstić information content (AvgIpc) is 3.43. The molecule has 1 aromatic carbocycles. The number of carbonyl (C=O) groups is 3. The molecule has 2 aromatic rings. The molecular weight excluding hydrogens is 376 g/mol. The second-order valence-corrected chi connectivity index (χ2v) is 7.64. The van der Waals surface area contributed by atoms with Crippen molar-refractivity contribution in [2.24, 2.45) is 0 Å². The zero-order valence-corrected chi connectivity index (χ0v) is 16.9. The number of ether oxygens (including phenoxy) is 1. The molecule has 1 fully saturated rings. The van der Waals surface area contributed by atoms with Crippen LogP contribution in [0.15, 0.2) is 29.6 Å². The molecule has 2 amide bonds. The van der Waals surface area contributed by atoms with Crippen LogP contribution in [0.5, 0.6) is 0 Å². The zero-order valence-electron chi connectivity index (χ0n) is 16.0. The smallest absolute Gasteiger partial charge is 0.341 e. The topological polar surface area (TPSA) is 84.5 Å². The monoisotopic (exact) mass is 400 g/mol. The minimum atomic E-state index is -0.395. The maximum atomic E-state index is 12.3. The lowest BCUT2D eigenvalue weighted by Gasteiger charge is -2.09. The first kappa shape index (κ1) is 20.1. The van der Waals surface area contributed by atoms with E-state index in [0.29, 0.717) is 22.0 Å². The number of aryl methyl sites for hydroxylation is 1. The average molecular weight is 401 g/mol. The van der Waals surface area contributed by atoms with Gasteiger partial charge in [0.25, 0.3) is 5.91 Å². The summed E-state index contributed by atoms with van der Waals surface area (Å²) in [4.78, 5) is 36.9. The highest BCUT2D eigenvalue weighted by Crippen LogP contribution is 2.46. The number of anilines is 1. The van der Waals surface area contributed by atoms with Crippen LogP contribution in [0.2, 0.25) is 0 Å². The Morgan fingerprint density at radius 2 is 1.96 bits per heavy atom. The van der Waals surface area contributed by atoms with Crippen LogP contribution in [-0.4, -0.2) is 30.9 Å². The number of hydrogen-bond donors (Lipinski definition) is 2. The fourth-order valence-corrected chi connectivity index (χ4v) is 4.02. The molecule has 7 heteroatoms. The van der Waals surface area contributed by atoms with Gasteiger partial charge in [-0.1, -0.05) is 18.2 Å². The fraction of sp³-hybridized carbons (Fsp3) is 0.381. The molecule has 28 heavy (non-hydrogen) atoms. The Morgan fingerprint density at radius 3 is 2.64 bits per heavy atom. The summed E-state index contributed by atoms with van der Waals surface area (Å²) in [5.74, 6) is -0.464. The molecule has 0 bridgehead atoms. The van der Waals surface area contributed by atoms with E-state index in [4.69, 9.17) is 4.74 Å². The van der Waals surface area contributed by atoms with Gasteiger partial charge in [0.05, 0.1) is 12.2 Å². The zero-order chi connectivity index (χ0) is 20.1. The Kier molecular flexibility index (Phi) is 6.46. The normalized spacial score (nSPS) is 13.1. The van der Waals surface area contributed by atoms with Gasteiger partial charge >= 0.3 is 5.97 Å². The maximum Gasteiger partial charge on any atom is 0.341 e. The van der Waals surface area contributed by atoms with Crippen LogP contribution in [0.1, 0.15) is 63.9 Å². The summed E-state index contributed by atoms with van der Waals surface area (Å²) >= 11 is 1.35. The summed E-state index contributed by atoms with van der Waals surface area (Å²) in [5.41, 5.74) is 2.92. The molecule has 0 saturated heterocycles. The third-order valence-corrected chi connectivity index (χ3v) is 5.51. The van der Waals surface area contributed by atoms with Gasteiger partial charge in [-0.3, -0.25) is 9.59 Å². The SMILES string of the molecule is CCOC(=O)c1c(C2CC2)csc1NC(=O)CCNC(=O)c1ccccc1C. The van der Waals surface area contributed by atoms with E-state index in [1.807, 2.05) is 24.4 Å². The molecule has 6 nitrogen and oxygen atoms in total. The second-order valence-electron chi connectivity index (χ2n) is 6.76. The first-order valence-corrected chi connectivity index (χ1v) is 10.3. The Bertz CT molecular complexity index is 886. The molecule has 0 atom stereocenters. The van der Waals surface area contributed by atoms with Gasteiger partial charge in [0.1, 0.15) is 5.00 Å². The Labute approximate surface area is 168 Å². The molecule has 0 unspecified atom stereocenters. The van der Waals surface area contributed by atoms with Crippen LogP contribution in [0.3, 0.4) is 0 Å². The highest BCUT2D eigenvalue weighted by molar-refractivity contribution is 7.15. The lowest BCUT2D eigenvalue weighted by molar-refractivity contribution is -0.116. The highest BCUT2D eigenvalue weighted by atomic mass is 32.1. The summed E-state index contributed by atoms with van der Waals surface area (Å²) in [6.45, 7) is 4.13. The summed E-state index contributed by atoms with van der Waals surface area (Å²) < 4.78 is 5.16. The number of thiophene rings is 1. The van der Waals surface area contributed by atoms with Crippen molar-refractivity contribution in [3.05, 3.63) is 51.9 Å². The summed E-state index contributed by atoms with van der Waals surface area (Å²) in [6, 6.07) is 7.30. The molecule has 0 aliphatic heterocycles. The lowest BCUT2D eigenvalue weighted by Crippen LogP contribution is -2.28. The number of benzene rings is 1. The third kappa shape index (κ3) is 4.78. The van der Waals surface area contributed by atoms with E-state index in [0.717, 1.165) is 24.0 Å². The molecule has 0 radical (unpaired) electrons. The number of amides is 2. The van der Waals surface area contributed by atoms with Gasteiger partial charge in [0, 0.05) is 18.5 Å². The van der Waals surface area contributed by atoms with Crippen molar-refractivity contribution in [1.29, 1.82) is 0 Å². The molecule has 148 valence electrons. The van der Waals surface area contributed by atoms with Crippen molar-refractivity contribution in [2.75, 3.05) is 18.5 Å². The highest BCUT2D eigenvalue weighted by Gasteiger charge is 2.32.